The molecule has 2 heteroatoms. The third kappa shape index (κ3) is 2.21. The summed E-state index contributed by atoms with van der Waals surface area (Å²) in [6, 6.07) is 14.6. The predicted molar refractivity (Wildman–Crippen MR) is 74.8 cm³/mol. The van der Waals surface area contributed by atoms with E-state index in [1.807, 2.05) is 0 Å². The van der Waals surface area contributed by atoms with Crippen LogP contribution in [0.3, 0.4) is 0 Å². The molecule has 1 saturated heterocycles. The maximum atomic E-state index is 6.14. The summed E-state index contributed by atoms with van der Waals surface area (Å²) in [6.45, 7) is 4.46. The van der Waals surface area contributed by atoms with Gasteiger partial charge in [0, 0.05) is 18.5 Å². The second-order valence-electron chi connectivity index (χ2n) is 4.94. The first-order valence-corrected chi connectivity index (χ1v) is 6.73. The number of hydrogen-bond donors (Lipinski definition) is 0. The van der Waals surface area contributed by atoms with E-state index in [2.05, 4.69) is 54.3 Å². The van der Waals surface area contributed by atoms with Gasteiger partial charge in [-0.2, -0.15) is 0 Å². The molecule has 0 N–H and O–H groups in total. The van der Waals surface area contributed by atoms with Crippen molar-refractivity contribution in [2.24, 2.45) is 0 Å². The molecule has 94 valence electrons. The molecule has 1 fully saturated rings. The van der Waals surface area contributed by atoms with Crippen LogP contribution in [-0.2, 0) is 0 Å². The Morgan fingerprint density at radius 3 is 2.56 bits per heavy atom. The number of likely N-dealkylation sites (tertiary alicyclic amines) is 1. The highest BCUT2D eigenvalue weighted by Crippen LogP contribution is 2.27. The van der Waals surface area contributed by atoms with Crippen LogP contribution >= 0.6 is 0 Å². The molecule has 0 aliphatic carbocycles. The molecule has 0 spiro atoms. The lowest BCUT2D eigenvalue weighted by Gasteiger charge is -2.25. The van der Waals surface area contributed by atoms with Crippen molar-refractivity contribution in [2.45, 2.75) is 26.0 Å². The van der Waals surface area contributed by atoms with Crippen LogP contribution in [0.5, 0.6) is 5.75 Å². The average molecular weight is 241 g/mol. The molecule has 1 atom stereocenters. The normalized spacial score (nSPS) is 18.1. The molecule has 0 radical (unpaired) electrons. The summed E-state index contributed by atoms with van der Waals surface area (Å²) in [7, 11) is 0. The maximum absolute atomic E-state index is 6.14. The Bertz CT molecular complexity index is 526. The van der Waals surface area contributed by atoms with Crippen LogP contribution in [0.4, 0.5) is 0 Å². The van der Waals surface area contributed by atoms with Gasteiger partial charge in [-0.3, -0.25) is 4.90 Å². The molecule has 0 aromatic heterocycles. The quantitative estimate of drug-likeness (QED) is 0.813. The largest absolute Gasteiger partial charge is 0.475 e. The lowest BCUT2D eigenvalue weighted by Crippen LogP contribution is -2.34. The van der Waals surface area contributed by atoms with Crippen molar-refractivity contribution in [3.8, 4) is 5.75 Å². The second-order valence-corrected chi connectivity index (χ2v) is 4.94. The van der Waals surface area contributed by atoms with Gasteiger partial charge < -0.3 is 4.74 Å². The zero-order valence-corrected chi connectivity index (χ0v) is 10.8. The molecule has 1 aliphatic heterocycles. The molecule has 1 unspecified atom stereocenters. The van der Waals surface area contributed by atoms with Crippen molar-refractivity contribution in [3.63, 3.8) is 0 Å². The Morgan fingerprint density at radius 1 is 1.00 bits per heavy atom. The van der Waals surface area contributed by atoms with Gasteiger partial charge in [0.25, 0.3) is 0 Å². The number of rotatable bonds is 3. The number of nitrogens with zero attached hydrogens (tertiary/aromatic N) is 1. The number of benzene rings is 2. The summed E-state index contributed by atoms with van der Waals surface area (Å²) in [6.07, 6.45) is 2.75. The number of hydrogen-bond acceptors (Lipinski definition) is 2. The Hall–Kier alpha value is -1.54. The van der Waals surface area contributed by atoms with Crippen molar-refractivity contribution >= 4 is 10.8 Å². The molecule has 1 heterocycles. The first kappa shape index (κ1) is 11.5. The minimum Gasteiger partial charge on any atom is -0.475 e. The first-order valence-electron chi connectivity index (χ1n) is 6.73. The van der Waals surface area contributed by atoms with Crippen LogP contribution in [0.25, 0.3) is 10.8 Å². The van der Waals surface area contributed by atoms with Crippen LogP contribution < -0.4 is 4.74 Å². The van der Waals surface area contributed by atoms with E-state index in [4.69, 9.17) is 4.74 Å². The van der Waals surface area contributed by atoms with Gasteiger partial charge in [-0.1, -0.05) is 36.4 Å². The van der Waals surface area contributed by atoms with Gasteiger partial charge >= 0.3 is 0 Å². The highest BCUT2D eigenvalue weighted by molar-refractivity contribution is 5.88. The van der Waals surface area contributed by atoms with E-state index in [1.165, 1.54) is 23.6 Å². The van der Waals surface area contributed by atoms with Crippen molar-refractivity contribution in [1.29, 1.82) is 0 Å². The van der Waals surface area contributed by atoms with Gasteiger partial charge in [0.1, 0.15) is 12.0 Å². The van der Waals surface area contributed by atoms with Gasteiger partial charge in [-0.05, 0) is 31.2 Å². The van der Waals surface area contributed by atoms with E-state index in [-0.39, 0.29) is 6.23 Å². The van der Waals surface area contributed by atoms with Gasteiger partial charge in [0.15, 0.2) is 0 Å². The highest BCUT2D eigenvalue weighted by Gasteiger charge is 2.19. The van der Waals surface area contributed by atoms with Crippen LogP contribution in [0.2, 0.25) is 0 Å². The zero-order valence-electron chi connectivity index (χ0n) is 10.8. The minimum absolute atomic E-state index is 0.165. The third-order valence-corrected chi connectivity index (χ3v) is 3.70. The predicted octanol–water partition coefficient (Wildman–Crippen LogP) is 3.66. The summed E-state index contributed by atoms with van der Waals surface area (Å²) in [4.78, 5) is 2.40. The van der Waals surface area contributed by atoms with Crippen molar-refractivity contribution in [3.05, 3.63) is 42.5 Å². The zero-order chi connectivity index (χ0) is 12.4. The van der Waals surface area contributed by atoms with Crippen LogP contribution in [0.1, 0.15) is 19.8 Å². The van der Waals surface area contributed by atoms with E-state index < -0.39 is 0 Å². The maximum Gasteiger partial charge on any atom is 0.149 e. The molecule has 1 aliphatic rings. The summed E-state index contributed by atoms with van der Waals surface area (Å²) in [5, 5.41) is 2.44. The number of ether oxygens (including phenoxy) is 1. The summed E-state index contributed by atoms with van der Waals surface area (Å²) in [5.41, 5.74) is 0. The molecular formula is C16H19NO. The van der Waals surface area contributed by atoms with E-state index in [0.717, 1.165) is 18.8 Å². The fourth-order valence-corrected chi connectivity index (χ4v) is 2.66. The molecule has 3 rings (SSSR count). The highest BCUT2D eigenvalue weighted by atomic mass is 16.5. The van der Waals surface area contributed by atoms with Gasteiger partial charge in [-0.25, -0.2) is 0 Å². The van der Waals surface area contributed by atoms with E-state index in [0.29, 0.717) is 0 Å². The summed E-state index contributed by atoms with van der Waals surface area (Å²) < 4.78 is 6.14. The van der Waals surface area contributed by atoms with Crippen molar-refractivity contribution < 1.29 is 4.74 Å². The lowest BCUT2D eigenvalue weighted by molar-refractivity contribution is 0.0606. The minimum atomic E-state index is 0.165. The Kier molecular flexibility index (Phi) is 3.20. The Balaban J connectivity index is 1.85. The van der Waals surface area contributed by atoms with E-state index in [1.54, 1.807) is 0 Å². The molecule has 0 saturated carbocycles. The van der Waals surface area contributed by atoms with Gasteiger partial charge in [-0.15, -0.1) is 0 Å². The molecule has 2 nitrogen and oxygen atoms in total. The fraction of sp³-hybridized carbons (Fsp3) is 0.375. The topological polar surface area (TPSA) is 12.5 Å². The Morgan fingerprint density at radius 2 is 1.72 bits per heavy atom. The first-order chi connectivity index (χ1) is 8.84. The van der Waals surface area contributed by atoms with Crippen LogP contribution in [-0.4, -0.2) is 24.2 Å². The molecule has 2 aromatic carbocycles. The SMILES string of the molecule is CC(Oc1cccc2ccccc12)N1CCCC1. The third-order valence-electron chi connectivity index (χ3n) is 3.70. The molecular weight excluding hydrogens is 222 g/mol. The standard InChI is InChI=1S/C16H19NO/c1-13(17-11-4-5-12-17)18-16-10-6-8-14-7-2-3-9-15(14)16/h2-3,6-10,13H,4-5,11-12H2,1H3. The van der Waals surface area contributed by atoms with E-state index in [9.17, 15) is 0 Å². The lowest BCUT2D eigenvalue weighted by atomic mass is 10.1. The van der Waals surface area contributed by atoms with E-state index >= 15 is 0 Å². The molecule has 2 aromatic rings. The molecule has 0 amide bonds. The molecule has 0 bridgehead atoms. The van der Waals surface area contributed by atoms with Crippen molar-refractivity contribution in [2.75, 3.05) is 13.1 Å². The average Bonchev–Trinajstić information content (AvgIpc) is 2.93. The summed E-state index contributed by atoms with van der Waals surface area (Å²) >= 11 is 0. The molecule has 18 heavy (non-hydrogen) atoms. The van der Waals surface area contributed by atoms with Crippen LogP contribution in [0.15, 0.2) is 42.5 Å². The Labute approximate surface area is 108 Å². The number of fused-ring (bicyclic) bond motifs is 1. The fourth-order valence-electron chi connectivity index (χ4n) is 2.66. The van der Waals surface area contributed by atoms with Crippen molar-refractivity contribution in [1.82, 2.24) is 4.90 Å². The summed E-state index contributed by atoms with van der Waals surface area (Å²) in [5.74, 6) is 0.993. The van der Waals surface area contributed by atoms with Gasteiger partial charge in [0.2, 0.25) is 0 Å². The van der Waals surface area contributed by atoms with Gasteiger partial charge in [0.05, 0.1) is 0 Å². The van der Waals surface area contributed by atoms with Crippen LogP contribution in [0, 0.1) is 0 Å². The monoisotopic (exact) mass is 241 g/mol. The smallest absolute Gasteiger partial charge is 0.149 e. The second kappa shape index (κ2) is 4.99.